The topological polar surface area (TPSA) is 62.8 Å². The lowest BCUT2D eigenvalue weighted by molar-refractivity contribution is 1.29. The van der Waals surface area contributed by atoms with Gasteiger partial charge >= 0.3 is 0 Å². The number of anilines is 1. The van der Waals surface area contributed by atoms with E-state index in [1.165, 1.54) is 0 Å². The smallest absolute Gasteiger partial charge is 0.105 e. The minimum absolute atomic E-state index is 0.495. The molecule has 0 spiro atoms. The van der Waals surface area contributed by atoms with Crippen LogP contribution in [0.25, 0.3) is 0 Å². The third-order valence-corrected chi connectivity index (χ3v) is 1.80. The van der Waals surface area contributed by atoms with Crippen molar-refractivity contribution in [3.63, 3.8) is 0 Å². The standard InChI is InChI=1S/C6H6BrN3/c7-4-1-2-10-5(3-8)6(4)9/h1-3,8H,9H2. The molecule has 0 unspecified atom stereocenters. The molecule has 4 heteroatoms. The van der Waals surface area contributed by atoms with Crippen molar-refractivity contribution in [3.05, 3.63) is 22.4 Å². The van der Waals surface area contributed by atoms with E-state index in [1.807, 2.05) is 0 Å². The van der Waals surface area contributed by atoms with Gasteiger partial charge in [0, 0.05) is 16.9 Å². The summed E-state index contributed by atoms with van der Waals surface area (Å²) in [6.45, 7) is 0. The van der Waals surface area contributed by atoms with Gasteiger partial charge in [0.05, 0.1) is 5.69 Å². The van der Waals surface area contributed by atoms with Gasteiger partial charge in [0.2, 0.25) is 0 Å². The average molecular weight is 200 g/mol. The fraction of sp³-hybridized carbons (Fsp3) is 0. The monoisotopic (exact) mass is 199 g/mol. The first kappa shape index (κ1) is 7.21. The fourth-order valence-corrected chi connectivity index (χ4v) is 0.901. The van der Waals surface area contributed by atoms with Crippen LogP contribution in [-0.2, 0) is 0 Å². The molecule has 0 aromatic carbocycles. The summed E-state index contributed by atoms with van der Waals surface area (Å²) in [7, 11) is 0. The molecule has 1 aromatic rings. The van der Waals surface area contributed by atoms with E-state index in [9.17, 15) is 0 Å². The van der Waals surface area contributed by atoms with Crippen LogP contribution in [0.5, 0.6) is 0 Å². The van der Waals surface area contributed by atoms with Crippen LogP contribution in [0, 0.1) is 5.41 Å². The zero-order valence-electron chi connectivity index (χ0n) is 5.13. The Labute approximate surface area is 66.9 Å². The predicted molar refractivity (Wildman–Crippen MR) is 44.2 cm³/mol. The van der Waals surface area contributed by atoms with Crippen molar-refractivity contribution in [1.29, 1.82) is 5.41 Å². The molecule has 0 radical (unpaired) electrons. The second kappa shape index (κ2) is 2.79. The van der Waals surface area contributed by atoms with Gasteiger partial charge in [-0.05, 0) is 22.0 Å². The molecule has 0 saturated carbocycles. The maximum Gasteiger partial charge on any atom is 0.105 e. The highest BCUT2D eigenvalue weighted by molar-refractivity contribution is 9.10. The molecule has 0 aliphatic carbocycles. The van der Waals surface area contributed by atoms with Gasteiger partial charge in [-0.25, -0.2) is 0 Å². The molecule has 0 bridgehead atoms. The normalized spacial score (nSPS) is 9.30. The van der Waals surface area contributed by atoms with E-state index in [1.54, 1.807) is 12.3 Å². The van der Waals surface area contributed by atoms with E-state index < -0.39 is 0 Å². The van der Waals surface area contributed by atoms with Gasteiger partial charge in [-0.1, -0.05) is 0 Å². The molecule has 52 valence electrons. The lowest BCUT2D eigenvalue weighted by Gasteiger charge is -1.98. The van der Waals surface area contributed by atoms with Crippen molar-refractivity contribution in [1.82, 2.24) is 4.98 Å². The minimum atomic E-state index is 0.495. The predicted octanol–water partition coefficient (Wildman–Crippen LogP) is 1.42. The number of pyridine rings is 1. The molecule has 0 saturated heterocycles. The summed E-state index contributed by atoms with van der Waals surface area (Å²) >= 11 is 3.22. The lowest BCUT2D eigenvalue weighted by atomic mass is 10.3. The van der Waals surface area contributed by atoms with E-state index in [4.69, 9.17) is 11.1 Å². The molecule has 3 nitrogen and oxygen atoms in total. The molecule has 0 aliphatic heterocycles. The zero-order valence-corrected chi connectivity index (χ0v) is 6.72. The summed E-state index contributed by atoms with van der Waals surface area (Å²) in [5, 5.41) is 6.89. The molecule has 0 atom stereocenters. The number of hydrogen-bond donors (Lipinski definition) is 2. The molecule has 1 heterocycles. The Bertz CT molecular complexity index is 259. The maximum atomic E-state index is 6.89. The van der Waals surface area contributed by atoms with Gasteiger partial charge < -0.3 is 11.1 Å². The highest BCUT2D eigenvalue weighted by Gasteiger charge is 1.98. The molecule has 10 heavy (non-hydrogen) atoms. The van der Waals surface area contributed by atoms with E-state index in [0.29, 0.717) is 11.4 Å². The van der Waals surface area contributed by atoms with Crippen LogP contribution in [0.1, 0.15) is 5.69 Å². The lowest BCUT2D eigenvalue weighted by Crippen LogP contribution is -1.96. The highest BCUT2D eigenvalue weighted by Crippen LogP contribution is 2.19. The van der Waals surface area contributed by atoms with Crippen molar-refractivity contribution in [2.24, 2.45) is 0 Å². The molecule has 1 aromatic heterocycles. The summed E-state index contributed by atoms with van der Waals surface area (Å²) in [6.07, 6.45) is 2.72. The first-order chi connectivity index (χ1) is 4.75. The minimum Gasteiger partial charge on any atom is -0.396 e. The van der Waals surface area contributed by atoms with Crippen LogP contribution < -0.4 is 5.73 Å². The van der Waals surface area contributed by atoms with Crippen LogP contribution in [0.15, 0.2) is 16.7 Å². The van der Waals surface area contributed by atoms with Crippen molar-refractivity contribution >= 4 is 27.8 Å². The van der Waals surface area contributed by atoms with Crippen LogP contribution in [0.3, 0.4) is 0 Å². The summed E-state index contributed by atoms with van der Waals surface area (Å²) in [5.74, 6) is 0. The van der Waals surface area contributed by atoms with Crippen molar-refractivity contribution < 1.29 is 0 Å². The third kappa shape index (κ3) is 1.16. The third-order valence-electron chi connectivity index (χ3n) is 1.10. The highest BCUT2D eigenvalue weighted by atomic mass is 79.9. The number of nitrogens with one attached hydrogen (secondary N) is 1. The van der Waals surface area contributed by atoms with Gasteiger partial charge in [-0.3, -0.25) is 4.98 Å². The zero-order chi connectivity index (χ0) is 7.56. The molecule has 3 N–H and O–H groups in total. The van der Waals surface area contributed by atoms with E-state index in [2.05, 4.69) is 20.9 Å². The van der Waals surface area contributed by atoms with E-state index in [-0.39, 0.29) is 0 Å². The quantitative estimate of drug-likeness (QED) is 0.673. The molecule has 0 aliphatic rings. The maximum absolute atomic E-state index is 6.89. The first-order valence-corrected chi connectivity index (χ1v) is 3.45. The Balaban J connectivity index is 3.27. The van der Waals surface area contributed by atoms with Gasteiger partial charge in [-0.2, -0.15) is 0 Å². The largest absolute Gasteiger partial charge is 0.396 e. The van der Waals surface area contributed by atoms with E-state index in [0.717, 1.165) is 10.7 Å². The van der Waals surface area contributed by atoms with Gasteiger partial charge in [-0.15, -0.1) is 0 Å². The van der Waals surface area contributed by atoms with Crippen LogP contribution >= 0.6 is 15.9 Å². The van der Waals surface area contributed by atoms with Gasteiger partial charge in [0.25, 0.3) is 0 Å². The van der Waals surface area contributed by atoms with Crippen molar-refractivity contribution in [2.75, 3.05) is 5.73 Å². The summed E-state index contributed by atoms with van der Waals surface area (Å²) in [5.41, 5.74) is 6.54. The Morgan fingerprint density at radius 2 is 2.40 bits per heavy atom. The first-order valence-electron chi connectivity index (χ1n) is 2.66. The second-order valence-electron chi connectivity index (χ2n) is 1.74. The average Bonchev–Trinajstić information content (AvgIpc) is 1.95. The van der Waals surface area contributed by atoms with Crippen LogP contribution in [-0.4, -0.2) is 11.2 Å². The van der Waals surface area contributed by atoms with Crippen molar-refractivity contribution in [2.45, 2.75) is 0 Å². The Kier molecular flexibility index (Phi) is 2.01. The number of rotatable bonds is 1. The van der Waals surface area contributed by atoms with Crippen LogP contribution in [0.2, 0.25) is 0 Å². The van der Waals surface area contributed by atoms with Gasteiger partial charge in [0.1, 0.15) is 5.69 Å². The van der Waals surface area contributed by atoms with Gasteiger partial charge in [0.15, 0.2) is 0 Å². The van der Waals surface area contributed by atoms with Crippen LogP contribution in [0.4, 0.5) is 5.69 Å². The number of hydrogen-bond acceptors (Lipinski definition) is 3. The second-order valence-corrected chi connectivity index (χ2v) is 2.59. The number of halogens is 1. The summed E-state index contributed by atoms with van der Waals surface area (Å²) < 4.78 is 0.779. The van der Waals surface area contributed by atoms with E-state index >= 15 is 0 Å². The number of nitrogens with zero attached hydrogens (tertiary/aromatic N) is 1. The summed E-state index contributed by atoms with van der Waals surface area (Å²) in [6, 6.07) is 1.74. The molecule has 1 rings (SSSR count). The Morgan fingerprint density at radius 3 is 2.90 bits per heavy atom. The van der Waals surface area contributed by atoms with Crippen molar-refractivity contribution in [3.8, 4) is 0 Å². The number of nitrogen functional groups attached to an aromatic ring is 1. The fourth-order valence-electron chi connectivity index (χ4n) is 0.580. The SMILES string of the molecule is N=Cc1nccc(Br)c1N. The number of nitrogens with two attached hydrogens (primary N) is 1. The number of aromatic nitrogens is 1. The molecular weight excluding hydrogens is 194 g/mol. The molecule has 0 amide bonds. The molecular formula is C6H6BrN3. The Morgan fingerprint density at radius 1 is 1.70 bits per heavy atom. The Hall–Kier alpha value is -0.900. The summed E-state index contributed by atoms with van der Waals surface area (Å²) in [4.78, 5) is 3.86. The molecule has 0 fully saturated rings.